The van der Waals surface area contributed by atoms with E-state index in [1.54, 1.807) is 24.7 Å². The summed E-state index contributed by atoms with van der Waals surface area (Å²) in [6.45, 7) is 2.05. The molecule has 0 saturated heterocycles. The zero-order chi connectivity index (χ0) is 10.7. The summed E-state index contributed by atoms with van der Waals surface area (Å²) in [5, 5.41) is 0. The molecule has 76 valence electrons. The van der Waals surface area contributed by atoms with Gasteiger partial charge in [0.05, 0.1) is 17.6 Å². The third-order valence-corrected chi connectivity index (χ3v) is 2.13. The molecule has 4 nitrogen and oxygen atoms in total. The lowest BCUT2D eigenvalue weighted by Crippen LogP contribution is -1.94. The number of anilines is 1. The average molecular weight is 200 g/mol. The molecule has 0 bridgehead atoms. The summed E-state index contributed by atoms with van der Waals surface area (Å²) in [4.78, 5) is 12.6. The summed E-state index contributed by atoms with van der Waals surface area (Å²) in [7, 11) is 0. The maximum absolute atomic E-state index is 5.51. The summed E-state index contributed by atoms with van der Waals surface area (Å²) in [5.74, 6) is 0.512. The zero-order valence-electron chi connectivity index (χ0n) is 8.51. The van der Waals surface area contributed by atoms with E-state index < -0.39 is 0 Å². The van der Waals surface area contributed by atoms with E-state index in [0.717, 1.165) is 23.4 Å². The molecule has 0 amide bonds. The molecule has 15 heavy (non-hydrogen) atoms. The van der Waals surface area contributed by atoms with Gasteiger partial charge in [-0.15, -0.1) is 0 Å². The molecule has 0 aliphatic heterocycles. The van der Waals surface area contributed by atoms with Crippen LogP contribution in [0.4, 0.5) is 5.82 Å². The van der Waals surface area contributed by atoms with Gasteiger partial charge in [-0.1, -0.05) is 6.92 Å². The van der Waals surface area contributed by atoms with E-state index in [2.05, 4.69) is 21.9 Å². The molecule has 0 fully saturated rings. The van der Waals surface area contributed by atoms with Crippen molar-refractivity contribution in [3.63, 3.8) is 0 Å². The number of nitrogen functional groups attached to an aromatic ring is 1. The molecular formula is C11H12N4. The first-order chi connectivity index (χ1) is 7.29. The van der Waals surface area contributed by atoms with Crippen LogP contribution in [0.2, 0.25) is 0 Å². The van der Waals surface area contributed by atoms with E-state index in [4.69, 9.17) is 5.73 Å². The molecule has 2 N–H and O–H groups in total. The van der Waals surface area contributed by atoms with Crippen LogP contribution in [0.3, 0.4) is 0 Å². The Morgan fingerprint density at radius 1 is 1.20 bits per heavy atom. The van der Waals surface area contributed by atoms with Gasteiger partial charge in [-0.05, 0) is 18.6 Å². The van der Waals surface area contributed by atoms with Gasteiger partial charge in [-0.3, -0.25) is 4.98 Å². The first-order valence-electron chi connectivity index (χ1n) is 4.82. The quantitative estimate of drug-likeness (QED) is 0.801. The van der Waals surface area contributed by atoms with Gasteiger partial charge in [0.25, 0.3) is 0 Å². The Hall–Kier alpha value is -1.97. The number of hydrogen-bond donors (Lipinski definition) is 1. The Labute approximate surface area is 88.2 Å². The van der Waals surface area contributed by atoms with Gasteiger partial charge < -0.3 is 5.73 Å². The lowest BCUT2D eigenvalue weighted by atomic mass is 10.2. The molecular weight excluding hydrogens is 188 g/mol. The molecule has 0 aliphatic rings. The highest BCUT2D eigenvalue weighted by Gasteiger charge is 2.01. The van der Waals surface area contributed by atoms with E-state index in [9.17, 15) is 0 Å². The second-order valence-corrected chi connectivity index (χ2v) is 3.22. The van der Waals surface area contributed by atoms with Crippen molar-refractivity contribution in [3.05, 3.63) is 36.4 Å². The lowest BCUT2D eigenvalue weighted by Gasteiger charge is -2.02. The second-order valence-electron chi connectivity index (χ2n) is 3.22. The van der Waals surface area contributed by atoms with Gasteiger partial charge >= 0.3 is 0 Å². The monoisotopic (exact) mass is 200 g/mol. The molecule has 2 aromatic heterocycles. The summed E-state index contributed by atoms with van der Waals surface area (Å²) < 4.78 is 0. The minimum absolute atomic E-state index is 0.512. The molecule has 2 rings (SSSR count). The highest BCUT2D eigenvalue weighted by atomic mass is 14.8. The van der Waals surface area contributed by atoms with Gasteiger partial charge in [0.15, 0.2) is 0 Å². The lowest BCUT2D eigenvalue weighted by molar-refractivity contribution is 1.00. The normalized spacial score (nSPS) is 10.2. The van der Waals surface area contributed by atoms with Crippen molar-refractivity contribution in [2.24, 2.45) is 0 Å². The Morgan fingerprint density at radius 3 is 2.73 bits per heavy atom. The second kappa shape index (κ2) is 4.04. The fourth-order valence-corrected chi connectivity index (χ4v) is 1.27. The number of nitrogens with zero attached hydrogens (tertiary/aromatic N) is 3. The highest BCUT2D eigenvalue weighted by molar-refractivity contribution is 5.58. The van der Waals surface area contributed by atoms with Crippen LogP contribution in [0.1, 0.15) is 12.6 Å². The molecule has 0 radical (unpaired) electrons. The predicted molar refractivity (Wildman–Crippen MR) is 59.1 cm³/mol. The fraction of sp³-hybridized carbons (Fsp3) is 0.182. The van der Waals surface area contributed by atoms with Crippen LogP contribution in [-0.4, -0.2) is 15.0 Å². The van der Waals surface area contributed by atoms with Crippen molar-refractivity contribution >= 4 is 5.82 Å². The van der Waals surface area contributed by atoms with Gasteiger partial charge in [-0.25, -0.2) is 9.97 Å². The molecule has 0 atom stereocenters. The molecule has 4 heteroatoms. The summed E-state index contributed by atoms with van der Waals surface area (Å²) in [6.07, 6.45) is 6.09. The van der Waals surface area contributed by atoms with E-state index in [1.807, 2.05) is 6.07 Å². The predicted octanol–water partition coefficient (Wildman–Crippen LogP) is 1.68. The molecule has 0 saturated carbocycles. The number of pyridine rings is 1. The Morgan fingerprint density at radius 2 is 2.07 bits per heavy atom. The van der Waals surface area contributed by atoms with Crippen LogP contribution < -0.4 is 5.73 Å². The number of aromatic nitrogens is 3. The third-order valence-electron chi connectivity index (χ3n) is 2.13. The topological polar surface area (TPSA) is 64.7 Å². The van der Waals surface area contributed by atoms with Crippen molar-refractivity contribution in [1.29, 1.82) is 0 Å². The van der Waals surface area contributed by atoms with Crippen LogP contribution in [-0.2, 0) is 6.42 Å². The molecule has 2 heterocycles. The van der Waals surface area contributed by atoms with E-state index in [-0.39, 0.29) is 0 Å². The average Bonchev–Trinajstić information content (AvgIpc) is 2.30. The molecule has 0 spiro atoms. The smallest absolute Gasteiger partial charge is 0.123 e. The first-order valence-corrected chi connectivity index (χ1v) is 4.82. The van der Waals surface area contributed by atoms with Crippen molar-refractivity contribution in [3.8, 4) is 11.3 Å². The molecule has 0 unspecified atom stereocenters. The van der Waals surface area contributed by atoms with Crippen molar-refractivity contribution < 1.29 is 0 Å². The summed E-state index contributed by atoms with van der Waals surface area (Å²) >= 11 is 0. The Kier molecular flexibility index (Phi) is 2.58. The molecule has 0 aromatic carbocycles. The van der Waals surface area contributed by atoms with Crippen LogP contribution in [0.25, 0.3) is 11.3 Å². The standard InChI is InChI=1S/C11H12N4/c1-2-9-6-13-7-10(15-9)8-3-4-11(12)14-5-8/h3-7H,2H2,1H3,(H2,12,14). The highest BCUT2D eigenvalue weighted by Crippen LogP contribution is 2.15. The Balaban J connectivity index is 2.40. The van der Waals surface area contributed by atoms with Crippen molar-refractivity contribution in [2.45, 2.75) is 13.3 Å². The maximum atomic E-state index is 5.51. The minimum Gasteiger partial charge on any atom is -0.384 e. The van der Waals surface area contributed by atoms with E-state index >= 15 is 0 Å². The number of rotatable bonds is 2. The number of hydrogen-bond acceptors (Lipinski definition) is 4. The summed E-state index contributed by atoms with van der Waals surface area (Å²) in [5.41, 5.74) is 8.26. The molecule has 2 aromatic rings. The van der Waals surface area contributed by atoms with Gasteiger partial charge in [0.1, 0.15) is 5.82 Å². The summed E-state index contributed by atoms with van der Waals surface area (Å²) in [6, 6.07) is 3.65. The molecule has 0 aliphatic carbocycles. The number of aryl methyl sites for hydroxylation is 1. The largest absolute Gasteiger partial charge is 0.384 e. The van der Waals surface area contributed by atoms with Crippen LogP contribution in [0, 0.1) is 0 Å². The Bertz CT molecular complexity index is 450. The third kappa shape index (κ3) is 2.10. The fourth-order valence-electron chi connectivity index (χ4n) is 1.27. The number of nitrogens with two attached hydrogens (primary N) is 1. The van der Waals surface area contributed by atoms with Gasteiger partial charge in [0.2, 0.25) is 0 Å². The first kappa shape index (κ1) is 9.58. The maximum Gasteiger partial charge on any atom is 0.123 e. The van der Waals surface area contributed by atoms with E-state index in [0.29, 0.717) is 5.82 Å². The van der Waals surface area contributed by atoms with E-state index in [1.165, 1.54) is 0 Å². The van der Waals surface area contributed by atoms with Crippen LogP contribution in [0.15, 0.2) is 30.7 Å². The van der Waals surface area contributed by atoms with Gasteiger partial charge in [-0.2, -0.15) is 0 Å². The SMILES string of the molecule is CCc1cncc(-c2ccc(N)nc2)n1. The van der Waals surface area contributed by atoms with Crippen molar-refractivity contribution in [2.75, 3.05) is 5.73 Å². The van der Waals surface area contributed by atoms with Crippen LogP contribution >= 0.6 is 0 Å². The zero-order valence-corrected chi connectivity index (χ0v) is 8.51. The van der Waals surface area contributed by atoms with Crippen molar-refractivity contribution in [1.82, 2.24) is 15.0 Å². The van der Waals surface area contributed by atoms with Gasteiger partial charge in [0, 0.05) is 18.0 Å². The minimum atomic E-state index is 0.512. The van der Waals surface area contributed by atoms with Crippen LogP contribution in [0.5, 0.6) is 0 Å².